The second kappa shape index (κ2) is 8.31. The number of hydrogen-bond donors (Lipinski definition) is 1. The first kappa shape index (κ1) is 14.3. The Bertz CT molecular complexity index is 234. The third-order valence-electron chi connectivity index (χ3n) is 2.92. The van der Waals surface area contributed by atoms with Crippen LogP contribution in [0.4, 0.5) is 0 Å². The Kier molecular flexibility index (Phi) is 6.96. The molecule has 5 heteroatoms. The molecule has 1 fully saturated rings. The van der Waals surface area contributed by atoms with Gasteiger partial charge in [0.1, 0.15) is 0 Å². The molecular formula is C12H25N3O2. The average Bonchev–Trinajstić information content (AvgIpc) is 2.33. The van der Waals surface area contributed by atoms with E-state index in [1.165, 1.54) is 12.8 Å². The lowest BCUT2D eigenvalue weighted by Gasteiger charge is -2.31. The van der Waals surface area contributed by atoms with E-state index in [1.54, 1.807) is 7.11 Å². The Hall–Kier alpha value is -0.810. The minimum atomic E-state index is 0.605. The van der Waals surface area contributed by atoms with Gasteiger partial charge in [0.2, 0.25) is 0 Å². The van der Waals surface area contributed by atoms with Crippen LogP contribution in [-0.2, 0) is 9.47 Å². The Morgan fingerprint density at radius 1 is 1.41 bits per heavy atom. The van der Waals surface area contributed by atoms with E-state index in [4.69, 9.17) is 15.2 Å². The average molecular weight is 243 g/mol. The third-order valence-corrected chi connectivity index (χ3v) is 2.92. The van der Waals surface area contributed by atoms with Gasteiger partial charge in [-0.15, -0.1) is 0 Å². The number of nitrogens with two attached hydrogens (primary N) is 1. The molecule has 100 valence electrons. The molecule has 2 N–H and O–H groups in total. The molecule has 0 saturated carbocycles. The number of ether oxygens (including phenoxy) is 2. The quantitative estimate of drug-likeness (QED) is 0.424. The van der Waals surface area contributed by atoms with Crippen molar-refractivity contribution in [2.75, 3.05) is 46.6 Å². The standard InChI is InChI=1S/C12H25N3O2/c1-11-4-3-6-15(10-11)12(13)14-5-7-17-9-8-16-2/h11H,3-10H2,1-2H3,(H2,13,14). The van der Waals surface area contributed by atoms with Crippen LogP contribution in [0.2, 0.25) is 0 Å². The fourth-order valence-electron chi connectivity index (χ4n) is 1.97. The van der Waals surface area contributed by atoms with E-state index in [0.717, 1.165) is 19.0 Å². The van der Waals surface area contributed by atoms with Crippen LogP contribution in [0.1, 0.15) is 19.8 Å². The molecule has 0 aromatic carbocycles. The zero-order valence-electron chi connectivity index (χ0n) is 11.0. The summed E-state index contributed by atoms with van der Waals surface area (Å²) in [5.74, 6) is 1.38. The first-order chi connectivity index (χ1) is 8.24. The van der Waals surface area contributed by atoms with Gasteiger partial charge < -0.3 is 20.1 Å². The second-order valence-electron chi connectivity index (χ2n) is 4.54. The summed E-state index contributed by atoms with van der Waals surface area (Å²) < 4.78 is 10.2. The van der Waals surface area contributed by atoms with Gasteiger partial charge in [0.05, 0.1) is 26.4 Å². The minimum Gasteiger partial charge on any atom is -0.382 e. The summed E-state index contributed by atoms with van der Waals surface area (Å²) >= 11 is 0. The molecule has 1 saturated heterocycles. The molecular weight excluding hydrogens is 218 g/mol. The SMILES string of the molecule is COCCOCCN=C(N)N1CCCC(C)C1. The van der Waals surface area contributed by atoms with Crippen molar-refractivity contribution < 1.29 is 9.47 Å². The van der Waals surface area contributed by atoms with Crippen molar-refractivity contribution >= 4 is 5.96 Å². The summed E-state index contributed by atoms with van der Waals surface area (Å²) in [5.41, 5.74) is 5.95. The van der Waals surface area contributed by atoms with Crippen LogP contribution in [0, 0.1) is 5.92 Å². The molecule has 1 aliphatic heterocycles. The summed E-state index contributed by atoms with van der Waals surface area (Å²) in [6, 6.07) is 0. The number of guanidine groups is 1. The van der Waals surface area contributed by atoms with E-state index < -0.39 is 0 Å². The maximum Gasteiger partial charge on any atom is 0.191 e. The van der Waals surface area contributed by atoms with Gasteiger partial charge in [-0.2, -0.15) is 0 Å². The Morgan fingerprint density at radius 3 is 2.94 bits per heavy atom. The molecule has 0 aromatic heterocycles. The van der Waals surface area contributed by atoms with E-state index in [9.17, 15) is 0 Å². The number of likely N-dealkylation sites (tertiary alicyclic amines) is 1. The highest BCUT2D eigenvalue weighted by Gasteiger charge is 2.17. The topological polar surface area (TPSA) is 60.1 Å². The number of nitrogens with zero attached hydrogens (tertiary/aromatic N) is 2. The predicted octanol–water partition coefficient (Wildman–Crippen LogP) is 0.696. The Morgan fingerprint density at radius 2 is 2.24 bits per heavy atom. The zero-order chi connectivity index (χ0) is 12.5. The Labute approximate surface area is 104 Å². The van der Waals surface area contributed by atoms with E-state index in [2.05, 4.69) is 16.8 Å². The Balaban J connectivity index is 2.15. The molecule has 1 rings (SSSR count). The number of methoxy groups -OCH3 is 1. The minimum absolute atomic E-state index is 0.605. The lowest BCUT2D eigenvalue weighted by Crippen LogP contribution is -2.43. The van der Waals surface area contributed by atoms with Gasteiger partial charge in [0.25, 0.3) is 0 Å². The van der Waals surface area contributed by atoms with E-state index in [1.807, 2.05) is 0 Å². The summed E-state index contributed by atoms with van der Waals surface area (Å²) in [4.78, 5) is 6.50. The van der Waals surface area contributed by atoms with Gasteiger partial charge in [0, 0.05) is 20.2 Å². The first-order valence-corrected chi connectivity index (χ1v) is 6.35. The van der Waals surface area contributed by atoms with Gasteiger partial charge in [-0.05, 0) is 18.8 Å². The molecule has 0 spiro atoms. The van der Waals surface area contributed by atoms with Crippen LogP contribution in [0.3, 0.4) is 0 Å². The highest BCUT2D eigenvalue weighted by molar-refractivity contribution is 5.78. The van der Waals surface area contributed by atoms with Crippen LogP contribution >= 0.6 is 0 Å². The zero-order valence-corrected chi connectivity index (χ0v) is 11.0. The molecule has 1 unspecified atom stereocenters. The first-order valence-electron chi connectivity index (χ1n) is 6.35. The van der Waals surface area contributed by atoms with Crippen LogP contribution < -0.4 is 5.73 Å². The fraction of sp³-hybridized carbons (Fsp3) is 0.917. The van der Waals surface area contributed by atoms with Gasteiger partial charge in [-0.1, -0.05) is 6.92 Å². The van der Waals surface area contributed by atoms with Crippen LogP contribution in [0.15, 0.2) is 4.99 Å². The van der Waals surface area contributed by atoms with Gasteiger partial charge in [0.15, 0.2) is 5.96 Å². The number of aliphatic imine (C=N–C) groups is 1. The molecule has 1 atom stereocenters. The highest BCUT2D eigenvalue weighted by atomic mass is 16.5. The summed E-state index contributed by atoms with van der Waals surface area (Å²) in [6.45, 7) is 6.79. The molecule has 0 amide bonds. The monoisotopic (exact) mass is 243 g/mol. The van der Waals surface area contributed by atoms with Crippen molar-refractivity contribution in [2.45, 2.75) is 19.8 Å². The molecule has 1 heterocycles. The maximum atomic E-state index is 5.95. The molecule has 5 nitrogen and oxygen atoms in total. The normalized spacial score (nSPS) is 21.9. The van der Waals surface area contributed by atoms with Crippen LogP contribution in [0.5, 0.6) is 0 Å². The number of piperidine rings is 1. The van der Waals surface area contributed by atoms with Crippen LogP contribution in [-0.4, -0.2) is 57.4 Å². The van der Waals surface area contributed by atoms with Crippen LogP contribution in [0.25, 0.3) is 0 Å². The van der Waals surface area contributed by atoms with Crippen molar-refractivity contribution in [1.29, 1.82) is 0 Å². The molecule has 0 aromatic rings. The van der Waals surface area contributed by atoms with Gasteiger partial charge >= 0.3 is 0 Å². The third kappa shape index (κ3) is 5.89. The molecule has 17 heavy (non-hydrogen) atoms. The van der Waals surface area contributed by atoms with Crippen molar-refractivity contribution in [3.63, 3.8) is 0 Å². The van der Waals surface area contributed by atoms with Crippen molar-refractivity contribution in [3.8, 4) is 0 Å². The van der Waals surface area contributed by atoms with Crippen molar-refractivity contribution in [1.82, 2.24) is 4.90 Å². The van der Waals surface area contributed by atoms with E-state index in [0.29, 0.717) is 32.3 Å². The highest BCUT2D eigenvalue weighted by Crippen LogP contribution is 2.14. The molecule has 0 bridgehead atoms. The predicted molar refractivity (Wildman–Crippen MR) is 69.2 cm³/mol. The van der Waals surface area contributed by atoms with Crippen molar-refractivity contribution in [3.05, 3.63) is 0 Å². The lowest BCUT2D eigenvalue weighted by atomic mass is 10.0. The van der Waals surface area contributed by atoms with Crippen molar-refractivity contribution in [2.24, 2.45) is 16.6 Å². The smallest absolute Gasteiger partial charge is 0.191 e. The second-order valence-corrected chi connectivity index (χ2v) is 4.54. The van der Waals surface area contributed by atoms with Gasteiger partial charge in [-0.3, -0.25) is 4.99 Å². The fourth-order valence-corrected chi connectivity index (χ4v) is 1.97. The maximum absolute atomic E-state index is 5.95. The largest absolute Gasteiger partial charge is 0.382 e. The number of hydrogen-bond acceptors (Lipinski definition) is 3. The van der Waals surface area contributed by atoms with E-state index in [-0.39, 0.29) is 0 Å². The van der Waals surface area contributed by atoms with E-state index >= 15 is 0 Å². The summed E-state index contributed by atoms with van der Waals surface area (Å²) in [6.07, 6.45) is 2.51. The summed E-state index contributed by atoms with van der Waals surface area (Å²) in [7, 11) is 1.66. The molecule has 0 radical (unpaired) electrons. The summed E-state index contributed by atoms with van der Waals surface area (Å²) in [5, 5.41) is 0. The lowest BCUT2D eigenvalue weighted by molar-refractivity contribution is 0.0747. The molecule has 0 aliphatic carbocycles. The molecule has 1 aliphatic rings. The van der Waals surface area contributed by atoms with Gasteiger partial charge in [-0.25, -0.2) is 0 Å². The number of rotatable bonds is 6.